The molecule has 1 N–H and O–H groups in total. The molecule has 1 aromatic heterocycles. The first-order valence-corrected chi connectivity index (χ1v) is 7.72. The molecule has 112 valence electrons. The summed E-state index contributed by atoms with van der Waals surface area (Å²) in [7, 11) is 0. The Morgan fingerprint density at radius 3 is 2.45 bits per heavy atom. The minimum absolute atomic E-state index is 0.0406. The van der Waals surface area contributed by atoms with Gasteiger partial charge in [-0.05, 0) is 26.3 Å². The standard InChI is InChI=1S/C15H26N4O/c1-4-6-7-13-12(3)16-15(17-14(13)20)19-10-8-18(5-2)9-11-19/h4-11H2,1-3H3,(H,16,17,20). The van der Waals surface area contributed by atoms with Crippen molar-refractivity contribution in [3.8, 4) is 0 Å². The summed E-state index contributed by atoms with van der Waals surface area (Å²) >= 11 is 0. The fourth-order valence-corrected chi connectivity index (χ4v) is 2.67. The van der Waals surface area contributed by atoms with Crippen molar-refractivity contribution in [1.29, 1.82) is 0 Å². The lowest BCUT2D eigenvalue weighted by atomic mass is 10.1. The summed E-state index contributed by atoms with van der Waals surface area (Å²) in [5, 5.41) is 0. The van der Waals surface area contributed by atoms with Crippen molar-refractivity contribution in [3.05, 3.63) is 21.6 Å². The monoisotopic (exact) mass is 278 g/mol. The van der Waals surface area contributed by atoms with E-state index in [1.165, 1.54) is 0 Å². The van der Waals surface area contributed by atoms with Gasteiger partial charge in [0, 0.05) is 37.4 Å². The summed E-state index contributed by atoms with van der Waals surface area (Å²) in [6.45, 7) is 11.3. The largest absolute Gasteiger partial charge is 0.340 e. The van der Waals surface area contributed by atoms with Crippen LogP contribution < -0.4 is 10.5 Å². The van der Waals surface area contributed by atoms with Crippen molar-refractivity contribution in [2.45, 2.75) is 40.0 Å². The molecule has 5 nitrogen and oxygen atoms in total. The highest BCUT2D eigenvalue weighted by Gasteiger charge is 2.18. The Morgan fingerprint density at radius 1 is 1.20 bits per heavy atom. The highest BCUT2D eigenvalue weighted by Crippen LogP contribution is 2.12. The number of H-pyrrole nitrogens is 1. The molecular weight excluding hydrogens is 252 g/mol. The summed E-state index contributed by atoms with van der Waals surface area (Å²) in [4.78, 5) is 24.4. The highest BCUT2D eigenvalue weighted by molar-refractivity contribution is 5.33. The van der Waals surface area contributed by atoms with E-state index < -0.39 is 0 Å². The number of rotatable bonds is 5. The van der Waals surface area contributed by atoms with E-state index in [-0.39, 0.29) is 5.56 Å². The Hall–Kier alpha value is -1.36. The van der Waals surface area contributed by atoms with E-state index in [2.05, 4.69) is 33.6 Å². The van der Waals surface area contributed by atoms with Crippen LogP contribution in [0.15, 0.2) is 4.79 Å². The van der Waals surface area contributed by atoms with E-state index in [0.717, 1.165) is 69.2 Å². The topological polar surface area (TPSA) is 52.2 Å². The second kappa shape index (κ2) is 6.88. The Bertz CT molecular complexity index is 489. The van der Waals surface area contributed by atoms with Crippen molar-refractivity contribution in [2.24, 2.45) is 0 Å². The van der Waals surface area contributed by atoms with Gasteiger partial charge in [-0.15, -0.1) is 0 Å². The van der Waals surface area contributed by atoms with Crippen molar-refractivity contribution < 1.29 is 0 Å². The minimum Gasteiger partial charge on any atom is -0.340 e. The summed E-state index contributed by atoms with van der Waals surface area (Å²) in [6.07, 6.45) is 2.97. The molecule has 1 aromatic rings. The third-order valence-corrected chi connectivity index (χ3v) is 4.11. The molecule has 1 aliphatic rings. The first kappa shape index (κ1) is 15.0. The average molecular weight is 278 g/mol. The van der Waals surface area contributed by atoms with Crippen LogP contribution in [0.1, 0.15) is 37.9 Å². The van der Waals surface area contributed by atoms with Gasteiger partial charge in [-0.3, -0.25) is 9.78 Å². The normalized spacial score (nSPS) is 16.6. The maximum atomic E-state index is 12.2. The Kier molecular flexibility index (Phi) is 5.17. The molecule has 1 aliphatic heterocycles. The van der Waals surface area contributed by atoms with Gasteiger partial charge in [-0.2, -0.15) is 0 Å². The van der Waals surface area contributed by atoms with Gasteiger partial charge in [0.2, 0.25) is 5.95 Å². The quantitative estimate of drug-likeness (QED) is 0.888. The van der Waals surface area contributed by atoms with E-state index in [0.29, 0.717) is 0 Å². The molecule has 0 unspecified atom stereocenters. The van der Waals surface area contributed by atoms with Crippen LogP contribution in [0.5, 0.6) is 0 Å². The molecule has 0 saturated carbocycles. The number of piperazine rings is 1. The molecular formula is C15H26N4O. The van der Waals surface area contributed by atoms with Crippen LogP contribution in [0.25, 0.3) is 0 Å². The zero-order chi connectivity index (χ0) is 14.5. The van der Waals surface area contributed by atoms with Gasteiger partial charge in [0.15, 0.2) is 0 Å². The molecule has 1 fully saturated rings. The van der Waals surface area contributed by atoms with E-state index in [1.54, 1.807) is 0 Å². The number of nitrogens with one attached hydrogen (secondary N) is 1. The Labute approximate surface area is 121 Å². The zero-order valence-electron chi connectivity index (χ0n) is 12.9. The summed E-state index contributed by atoms with van der Waals surface area (Å²) in [5.41, 5.74) is 1.77. The van der Waals surface area contributed by atoms with Crippen LogP contribution in [0.3, 0.4) is 0 Å². The van der Waals surface area contributed by atoms with Gasteiger partial charge < -0.3 is 9.80 Å². The lowest BCUT2D eigenvalue weighted by Gasteiger charge is -2.34. The van der Waals surface area contributed by atoms with Crippen LogP contribution in [0.4, 0.5) is 5.95 Å². The molecule has 20 heavy (non-hydrogen) atoms. The molecule has 2 heterocycles. The van der Waals surface area contributed by atoms with E-state index in [1.807, 2.05) is 6.92 Å². The maximum absolute atomic E-state index is 12.2. The van der Waals surface area contributed by atoms with Gasteiger partial charge in [0.1, 0.15) is 0 Å². The molecule has 0 aliphatic carbocycles. The second-order valence-electron chi connectivity index (χ2n) is 5.48. The highest BCUT2D eigenvalue weighted by atomic mass is 16.1. The molecule has 0 aromatic carbocycles. The van der Waals surface area contributed by atoms with Crippen LogP contribution >= 0.6 is 0 Å². The smallest absolute Gasteiger partial charge is 0.255 e. The minimum atomic E-state index is 0.0406. The first-order valence-electron chi connectivity index (χ1n) is 7.72. The number of hydrogen-bond donors (Lipinski definition) is 1. The molecule has 0 radical (unpaired) electrons. The number of nitrogens with zero attached hydrogens (tertiary/aromatic N) is 3. The van der Waals surface area contributed by atoms with Crippen molar-refractivity contribution in [1.82, 2.24) is 14.9 Å². The van der Waals surface area contributed by atoms with Gasteiger partial charge in [-0.1, -0.05) is 20.3 Å². The molecule has 0 atom stereocenters. The summed E-state index contributed by atoms with van der Waals surface area (Å²) < 4.78 is 0. The maximum Gasteiger partial charge on any atom is 0.255 e. The average Bonchev–Trinajstić information content (AvgIpc) is 2.46. The van der Waals surface area contributed by atoms with E-state index in [9.17, 15) is 4.79 Å². The molecule has 1 saturated heterocycles. The van der Waals surface area contributed by atoms with Crippen molar-refractivity contribution >= 4 is 5.95 Å². The number of hydrogen-bond acceptors (Lipinski definition) is 4. The Balaban J connectivity index is 2.12. The van der Waals surface area contributed by atoms with Crippen LogP contribution in [0, 0.1) is 6.92 Å². The van der Waals surface area contributed by atoms with Gasteiger partial charge in [0.25, 0.3) is 5.56 Å². The predicted octanol–water partition coefficient (Wildman–Crippen LogP) is 1.56. The van der Waals surface area contributed by atoms with Crippen molar-refractivity contribution in [2.75, 3.05) is 37.6 Å². The number of aromatic amines is 1. The van der Waals surface area contributed by atoms with E-state index >= 15 is 0 Å². The molecule has 5 heteroatoms. The molecule has 0 amide bonds. The van der Waals surface area contributed by atoms with Gasteiger partial charge >= 0.3 is 0 Å². The summed E-state index contributed by atoms with van der Waals surface area (Å²) in [6, 6.07) is 0. The number of likely N-dealkylation sites (N-methyl/N-ethyl adjacent to an activating group) is 1. The van der Waals surface area contributed by atoms with Gasteiger partial charge in [0.05, 0.1) is 0 Å². The number of aromatic nitrogens is 2. The molecule has 2 rings (SSSR count). The lowest BCUT2D eigenvalue weighted by Crippen LogP contribution is -2.47. The zero-order valence-corrected chi connectivity index (χ0v) is 12.9. The Morgan fingerprint density at radius 2 is 1.90 bits per heavy atom. The van der Waals surface area contributed by atoms with Crippen LogP contribution in [-0.2, 0) is 6.42 Å². The van der Waals surface area contributed by atoms with Crippen LogP contribution in [0.2, 0.25) is 0 Å². The number of aryl methyl sites for hydroxylation is 1. The number of anilines is 1. The first-order chi connectivity index (χ1) is 9.65. The fourth-order valence-electron chi connectivity index (χ4n) is 2.67. The number of unbranched alkanes of at least 4 members (excludes halogenated alkanes) is 1. The SMILES string of the molecule is CCCCc1c(C)nc(N2CCN(CC)CC2)[nH]c1=O. The van der Waals surface area contributed by atoms with Crippen LogP contribution in [-0.4, -0.2) is 47.6 Å². The third kappa shape index (κ3) is 3.39. The third-order valence-electron chi connectivity index (χ3n) is 4.11. The van der Waals surface area contributed by atoms with E-state index in [4.69, 9.17) is 0 Å². The predicted molar refractivity (Wildman–Crippen MR) is 82.5 cm³/mol. The fraction of sp³-hybridized carbons (Fsp3) is 0.733. The molecule has 0 spiro atoms. The van der Waals surface area contributed by atoms with Gasteiger partial charge in [-0.25, -0.2) is 4.98 Å². The van der Waals surface area contributed by atoms with Crippen molar-refractivity contribution in [3.63, 3.8) is 0 Å². The molecule has 0 bridgehead atoms. The lowest BCUT2D eigenvalue weighted by molar-refractivity contribution is 0.269. The second-order valence-corrected chi connectivity index (χ2v) is 5.48. The summed E-state index contributed by atoms with van der Waals surface area (Å²) in [5.74, 6) is 0.739.